The van der Waals surface area contributed by atoms with Gasteiger partial charge in [-0.3, -0.25) is 4.79 Å². The first kappa shape index (κ1) is 25.9. The summed E-state index contributed by atoms with van der Waals surface area (Å²) in [6, 6.07) is 23.2. The first-order valence-corrected chi connectivity index (χ1v) is 12.1. The van der Waals surface area contributed by atoms with Crippen LogP contribution in [0.1, 0.15) is 54.6 Å². The average Bonchev–Trinajstić information content (AvgIpc) is 2.88. The normalized spacial score (nSPS) is 11.3. The number of ketones is 1. The summed E-state index contributed by atoms with van der Waals surface area (Å²) in [6.45, 7) is 5.38. The Hall–Kier alpha value is -3.70. The molecule has 3 aromatic rings. The van der Waals surface area contributed by atoms with Gasteiger partial charge in [-0.25, -0.2) is 4.79 Å². The molecular formula is C30H33NO4. The molecule has 0 atom stereocenters. The molecule has 182 valence electrons. The van der Waals surface area contributed by atoms with Gasteiger partial charge in [-0.15, -0.1) is 0 Å². The summed E-state index contributed by atoms with van der Waals surface area (Å²) in [5, 5.41) is 12.6. The van der Waals surface area contributed by atoms with Gasteiger partial charge in [0.2, 0.25) is 0 Å². The van der Waals surface area contributed by atoms with Crippen LogP contribution in [0.3, 0.4) is 0 Å². The summed E-state index contributed by atoms with van der Waals surface area (Å²) in [5.41, 5.74) is 4.88. The van der Waals surface area contributed by atoms with E-state index in [-0.39, 0.29) is 12.3 Å². The predicted molar refractivity (Wildman–Crippen MR) is 141 cm³/mol. The van der Waals surface area contributed by atoms with Gasteiger partial charge in [-0.05, 0) is 47.7 Å². The molecule has 0 aliphatic rings. The minimum atomic E-state index is -0.907. The molecule has 0 spiro atoms. The Kier molecular flexibility index (Phi) is 9.81. The number of aliphatic carboxylic acids is 1. The Morgan fingerprint density at radius 1 is 0.971 bits per heavy atom. The molecule has 0 radical (unpaired) electrons. The lowest BCUT2D eigenvalue weighted by molar-refractivity contribution is -0.132. The van der Waals surface area contributed by atoms with E-state index in [4.69, 9.17) is 4.74 Å². The van der Waals surface area contributed by atoms with Crippen molar-refractivity contribution in [1.29, 1.82) is 0 Å². The number of hydrogen-bond acceptors (Lipinski definition) is 4. The van der Waals surface area contributed by atoms with E-state index >= 15 is 0 Å². The zero-order chi connectivity index (χ0) is 25.0. The van der Waals surface area contributed by atoms with Crippen LogP contribution in [0.15, 0.2) is 78.4 Å². The molecule has 0 aromatic heterocycles. The minimum Gasteiger partial charge on any atom is -0.493 e. The second kappa shape index (κ2) is 13.3. The third-order valence-corrected chi connectivity index (χ3v) is 5.71. The summed E-state index contributed by atoms with van der Waals surface area (Å²) in [6.07, 6.45) is 4.11. The largest absolute Gasteiger partial charge is 0.493 e. The van der Waals surface area contributed by atoms with Gasteiger partial charge in [0.1, 0.15) is 5.75 Å². The summed E-state index contributed by atoms with van der Waals surface area (Å²) in [5.74, 6) is -0.113. The molecule has 0 bridgehead atoms. The van der Waals surface area contributed by atoms with Crippen molar-refractivity contribution in [3.8, 4) is 16.9 Å². The SMILES string of the molecule is CCCCOc1cc(/C=C(\CC)C(=O)O)ccc1-c1cccc(CNCC(=O)c2ccccc2)c1. The fourth-order valence-electron chi connectivity index (χ4n) is 3.72. The number of hydrogen-bond donors (Lipinski definition) is 2. The van der Waals surface area contributed by atoms with Crippen molar-refractivity contribution in [2.24, 2.45) is 0 Å². The molecule has 3 rings (SSSR count). The highest BCUT2D eigenvalue weighted by Gasteiger charge is 2.11. The van der Waals surface area contributed by atoms with Crippen LogP contribution >= 0.6 is 0 Å². The van der Waals surface area contributed by atoms with E-state index < -0.39 is 5.97 Å². The van der Waals surface area contributed by atoms with Crippen molar-refractivity contribution < 1.29 is 19.4 Å². The number of rotatable bonds is 13. The van der Waals surface area contributed by atoms with E-state index in [1.807, 2.05) is 73.7 Å². The van der Waals surface area contributed by atoms with Crippen molar-refractivity contribution in [3.05, 3.63) is 95.1 Å². The van der Waals surface area contributed by atoms with E-state index in [0.717, 1.165) is 40.8 Å². The first-order chi connectivity index (χ1) is 17.0. The quantitative estimate of drug-likeness (QED) is 0.172. The number of carboxylic acid groups (broad SMARTS) is 1. The molecule has 0 aliphatic carbocycles. The molecule has 0 saturated heterocycles. The van der Waals surface area contributed by atoms with Crippen molar-refractivity contribution in [2.75, 3.05) is 13.2 Å². The number of unbranched alkanes of at least 4 members (excludes halogenated alkanes) is 1. The van der Waals surface area contributed by atoms with Crippen molar-refractivity contribution in [1.82, 2.24) is 5.32 Å². The molecule has 0 heterocycles. The summed E-state index contributed by atoms with van der Waals surface area (Å²) >= 11 is 0. The van der Waals surface area contributed by atoms with E-state index in [2.05, 4.69) is 18.3 Å². The van der Waals surface area contributed by atoms with Gasteiger partial charge >= 0.3 is 5.97 Å². The van der Waals surface area contributed by atoms with Crippen LogP contribution in [0, 0.1) is 0 Å². The van der Waals surface area contributed by atoms with Crippen LogP contribution in [0.25, 0.3) is 17.2 Å². The molecule has 2 N–H and O–H groups in total. The maximum absolute atomic E-state index is 12.3. The zero-order valence-electron chi connectivity index (χ0n) is 20.4. The van der Waals surface area contributed by atoms with Crippen LogP contribution in [0.2, 0.25) is 0 Å². The lowest BCUT2D eigenvalue weighted by Gasteiger charge is -2.14. The second-order valence-corrected chi connectivity index (χ2v) is 8.38. The van der Waals surface area contributed by atoms with Crippen LogP contribution in [-0.4, -0.2) is 30.0 Å². The third-order valence-electron chi connectivity index (χ3n) is 5.71. The molecule has 0 amide bonds. The van der Waals surface area contributed by atoms with Gasteiger partial charge in [0.15, 0.2) is 5.78 Å². The minimum absolute atomic E-state index is 0.0600. The van der Waals surface area contributed by atoms with Gasteiger partial charge in [0, 0.05) is 23.2 Å². The number of carboxylic acids is 1. The van der Waals surface area contributed by atoms with Crippen LogP contribution in [-0.2, 0) is 11.3 Å². The molecule has 5 nitrogen and oxygen atoms in total. The highest BCUT2D eigenvalue weighted by atomic mass is 16.5. The Bertz CT molecular complexity index is 1170. The molecule has 3 aromatic carbocycles. The number of carbonyl (C=O) groups excluding carboxylic acids is 1. The van der Waals surface area contributed by atoms with E-state index in [1.54, 1.807) is 6.08 Å². The second-order valence-electron chi connectivity index (χ2n) is 8.38. The molecule has 5 heteroatoms. The summed E-state index contributed by atoms with van der Waals surface area (Å²) < 4.78 is 6.11. The maximum atomic E-state index is 12.3. The highest BCUT2D eigenvalue weighted by Crippen LogP contribution is 2.32. The Morgan fingerprint density at radius 3 is 2.49 bits per heavy atom. The number of nitrogens with one attached hydrogen (secondary N) is 1. The van der Waals surface area contributed by atoms with Gasteiger partial charge < -0.3 is 15.2 Å². The smallest absolute Gasteiger partial charge is 0.331 e. The molecular weight excluding hydrogens is 438 g/mol. The predicted octanol–water partition coefficient (Wildman–Crippen LogP) is 6.38. The Balaban J connectivity index is 1.79. The third kappa shape index (κ3) is 7.66. The lowest BCUT2D eigenvalue weighted by Crippen LogP contribution is -2.22. The van der Waals surface area contributed by atoms with E-state index in [9.17, 15) is 14.7 Å². The topological polar surface area (TPSA) is 75.6 Å². The molecule has 35 heavy (non-hydrogen) atoms. The van der Waals surface area contributed by atoms with Gasteiger partial charge in [0.05, 0.1) is 13.2 Å². The molecule has 0 aliphatic heterocycles. The number of benzene rings is 3. The van der Waals surface area contributed by atoms with Gasteiger partial charge in [0.25, 0.3) is 0 Å². The average molecular weight is 472 g/mol. The number of ether oxygens (including phenoxy) is 1. The van der Waals surface area contributed by atoms with Crippen LogP contribution < -0.4 is 10.1 Å². The molecule has 0 fully saturated rings. The summed E-state index contributed by atoms with van der Waals surface area (Å²) in [7, 11) is 0. The lowest BCUT2D eigenvalue weighted by atomic mass is 9.99. The number of Topliss-reactive ketones (excluding diaryl/α,β-unsaturated/α-hetero) is 1. The van der Waals surface area contributed by atoms with Gasteiger partial charge in [-0.1, -0.05) is 80.9 Å². The van der Waals surface area contributed by atoms with E-state index in [1.165, 1.54) is 0 Å². The van der Waals surface area contributed by atoms with Crippen LogP contribution in [0.5, 0.6) is 5.75 Å². The monoisotopic (exact) mass is 471 g/mol. The maximum Gasteiger partial charge on any atom is 0.331 e. The van der Waals surface area contributed by atoms with E-state index in [0.29, 0.717) is 30.7 Å². The Morgan fingerprint density at radius 2 is 1.77 bits per heavy atom. The first-order valence-electron chi connectivity index (χ1n) is 12.1. The molecule has 0 saturated carbocycles. The standard InChI is InChI=1S/C30H33NO4/c1-3-5-16-35-29-19-22(17-24(4-2)30(33)34)14-15-27(29)26-13-9-10-23(18-26)20-31-21-28(32)25-11-7-6-8-12-25/h6-15,17-19,31H,3-5,16,20-21H2,1-2H3,(H,33,34)/b24-17+. The van der Waals surface area contributed by atoms with Crippen molar-refractivity contribution in [3.63, 3.8) is 0 Å². The van der Waals surface area contributed by atoms with Crippen molar-refractivity contribution in [2.45, 2.75) is 39.7 Å². The fraction of sp³-hybridized carbons (Fsp3) is 0.267. The van der Waals surface area contributed by atoms with Crippen LogP contribution in [0.4, 0.5) is 0 Å². The highest BCUT2D eigenvalue weighted by molar-refractivity contribution is 5.97. The number of carbonyl (C=O) groups is 2. The summed E-state index contributed by atoms with van der Waals surface area (Å²) in [4.78, 5) is 23.8. The Labute approximate surface area is 207 Å². The van der Waals surface area contributed by atoms with Crippen molar-refractivity contribution >= 4 is 17.8 Å². The molecule has 0 unspecified atom stereocenters. The van der Waals surface area contributed by atoms with Gasteiger partial charge in [-0.2, -0.15) is 0 Å². The zero-order valence-corrected chi connectivity index (χ0v) is 20.4. The fourth-order valence-corrected chi connectivity index (χ4v) is 3.72.